The van der Waals surface area contributed by atoms with Gasteiger partial charge in [-0.05, 0) is 38.0 Å². The van der Waals surface area contributed by atoms with Crippen molar-refractivity contribution in [1.82, 2.24) is 4.90 Å². The van der Waals surface area contributed by atoms with Gasteiger partial charge in [0.05, 0.1) is 0 Å². The van der Waals surface area contributed by atoms with Crippen LogP contribution in [0.3, 0.4) is 0 Å². The third-order valence-corrected chi connectivity index (χ3v) is 3.88. The van der Waals surface area contributed by atoms with Crippen LogP contribution in [0.4, 0.5) is 0 Å². The van der Waals surface area contributed by atoms with E-state index in [1.165, 1.54) is 12.8 Å². The molecule has 1 nitrogen and oxygen atoms in total. The summed E-state index contributed by atoms with van der Waals surface area (Å²) in [5, 5.41) is 0. The molecule has 0 aliphatic carbocycles. The van der Waals surface area contributed by atoms with E-state index in [-0.39, 0.29) is 0 Å². The first-order valence-corrected chi connectivity index (χ1v) is 6.56. The van der Waals surface area contributed by atoms with E-state index >= 15 is 0 Å². The van der Waals surface area contributed by atoms with Gasteiger partial charge in [0.15, 0.2) is 0 Å². The van der Waals surface area contributed by atoms with Crippen molar-refractivity contribution >= 4 is 0 Å². The van der Waals surface area contributed by atoms with Gasteiger partial charge < -0.3 is 0 Å². The zero-order valence-corrected chi connectivity index (χ0v) is 11.7. The third-order valence-electron chi connectivity index (χ3n) is 3.88. The van der Waals surface area contributed by atoms with Gasteiger partial charge in [-0.3, -0.25) is 4.90 Å². The fourth-order valence-corrected chi connectivity index (χ4v) is 3.62. The SMILES string of the molecule is CCC1CC(C)C(C(C)(C)C)N1C(C)C. The molecule has 1 rings (SSSR count). The number of hydrogen-bond acceptors (Lipinski definition) is 1. The minimum absolute atomic E-state index is 0.410. The van der Waals surface area contributed by atoms with Gasteiger partial charge in [0.25, 0.3) is 0 Å². The first-order valence-electron chi connectivity index (χ1n) is 6.56. The predicted octanol–water partition coefficient (Wildman–Crippen LogP) is 3.93. The maximum Gasteiger partial charge on any atom is 0.0176 e. The van der Waals surface area contributed by atoms with Gasteiger partial charge in [-0.25, -0.2) is 0 Å². The quantitative estimate of drug-likeness (QED) is 0.669. The lowest BCUT2D eigenvalue weighted by Crippen LogP contribution is -2.48. The molecule has 1 aliphatic rings. The maximum atomic E-state index is 2.77. The van der Waals surface area contributed by atoms with E-state index < -0.39 is 0 Å². The lowest BCUT2D eigenvalue weighted by Gasteiger charge is -2.42. The molecule has 0 spiro atoms. The van der Waals surface area contributed by atoms with E-state index in [0.29, 0.717) is 11.5 Å². The van der Waals surface area contributed by atoms with Crippen LogP contribution in [0.2, 0.25) is 0 Å². The molecular weight excluding hydrogens is 182 g/mol. The minimum atomic E-state index is 0.410. The van der Waals surface area contributed by atoms with Crippen LogP contribution in [-0.2, 0) is 0 Å². The molecule has 1 heteroatoms. The third kappa shape index (κ3) is 2.55. The molecule has 0 aromatic rings. The number of rotatable bonds is 2. The highest BCUT2D eigenvalue weighted by atomic mass is 15.2. The van der Waals surface area contributed by atoms with E-state index in [1.807, 2.05) is 0 Å². The van der Waals surface area contributed by atoms with Crippen molar-refractivity contribution in [3.63, 3.8) is 0 Å². The molecule has 0 bridgehead atoms. The van der Waals surface area contributed by atoms with Crippen molar-refractivity contribution in [2.45, 2.75) is 79.4 Å². The molecule has 3 atom stereocenters. The second-order valence-electron chi connectivity index (χ2n) is 6.63. The lowest BCUT2D eigenvalue weighted by atomic mass is 9.80. The van der Waals surface area contributed by atoms with Crippen LogP contribution in [0.25, 0.3) is 0 Å². The average Bonchev–Trinajstić information content (AvgIpc) is 2.41. The van der Waals surface area contributed by atoms with Crippen LogP contribution < -0.4 is 0 Å². The van der Waals surface area contributed by atoms with E-state index in [0.717, 1.165) is 18.0 Å². The molecule has 0 radical (unpaired) electrons. The molecule has 3 unspecified atom stereocenters. The summed E-state index contributed by atoms with van der Waals surface area (Å²) in [6.45, 7) is 16.6. The molecule has 0 saturated carbocycles. The smallest absolute Gasteiger partial charge is 0.0176 e. The zero-order valence-electron chi connectivity index (χ0n) is 11.7. The summed E-state index contributed by atoms with van der Waals surface area (Å²) in [7, 11) is 0. The Morgan fingerprint density at radius 3 is 2.13 bits per heavy atom. The van der Waals surface area contributed by atoms with Gasteiger partial charge in [-0.1, -0.05) is 34.6 Å². The highest BCUT2D eigenvalue weighted by molar-refractivity contribution is 4.98. The Morgan fingerprint density at radius 1 is 1.27 bits per heavy atom. The second-order valence-corrected chi connectivity index (χ2v) is 6.63. The molecular formula is C14H29N. The van der Waals surface area contributed by atoms with Crippen molar-refractivity contribution in [2.24, 2.45) is 11.3 Å². The van der Waals surface area contributed by atoms with Crippen molar-refractivity contribution in [3.05, 3.63) is 0 Å². The highest BCUT2D eigenvalue weighted by Crippen LogP contribution is 2.41. The summed E-state index contributed by atoms with van der Waals surface area (Å²) in [5.41, 5.74) is 0.410. The first-order chi connectivity index (χ1) is 6.79. The maximum absolute atomic E-state index is 2.77. The van der Waals surface area contributed by atoms with E-state index in [1.54, 1.807) is 0 Å². The minimum Gasteiger partial charge on any atom is -0.294 e. The van der Waals surface area contributed by atoms with E-state index in [4.69, 9.17) is 0 Å². The van der Waals surface area contributed by atoms with Gasteiger partial charge in [0.2, 0.25) is 0 Å². The van der Waals surface area contributed by atoms with Gasteiger partial charge in [-0.2, -0.15) is 0 Å². The van der Waals surface area contributed by atoms with Crippen molar-refractivity contribution in [3.8, 4) is 0 Å². The van der Waals surface area contributed by atoms with Crippen LogP contribution >= 0.6 is 0 Å². The van der Waals surface area contributed by atoms with Crippen molar-refractivity contribution in [1.29, 1.82) is 0 Å². The Labute approximate surface area is 96.2 Å². The highest BCUT2D eigenvalue weighted by Gasteiger charge is 2.44. The Hall–Kier alpha value is -0.0400. The molecule has 90 valence electrons. The monoisotopic (exact) mass is 211 g/mol. The molecule has 0 aromatic carbocycles. The summed E-state index contributed by atoms with van der Waals surface area (Å²) in [5.74, 6) is 0.845. The molecule has 1 fully saturated rings. The van der Waals surface area contributed by atoms with Crippen LogP contribution in [0.5, 0.6) is 0 Å². The van der Waals surface area contributed by atoms with Crippen LogP contribution in [0.1, 0.15) is 61.3 Å². The average molecular weight is 211 g/mol. The lowest BCUT2D eigenvalue weighted by molar-refractivity contribution is 0.0616. The predicted molar refractivity (Wildman–Crippen MR) is 68.1 cm³/mol. The van der Waals surface area contributed by atoms with Crippen LogP contribution in [-0.4, -0.2) is 23.0 Å². The summed E-state index contributed by atoms with van der Waals surface area (Å²) in [6.07, 6.45) is 2.69. The van der Waals surface area contributed by atoms with Gasteiger partial charge >= 0.3 is 0 Å². The molecule has 1 aliphatic heterocycles. The van der Waals surface area contributed by atoms with Gasteiger partial charge in [-0.15, -0.1) is 0 Å². The Kier molecular flexibility index (Phi) is 3.86. The molecule has 0 N–H and O–H groups in total. The Bertz CT molecular complexity index is 202. The Morgan fingerprint density at radius 2 is 1.80 bits per heavy atom. The summed E-state index contributed by atoms with van der Waals surface area (Å²) < 4.78 is 0. The Balaban J connectivity index is 2.92. The second kappa shape index (κ2) is 4.45. The number of nitrogens with zero attached hydrogens (tertiary/aromatic N) is 1. The molecule has 0 amide bonds. The zero-order chi connectivity index (χ0) is 11.8. The van der Waals surface area contributed by atoms with Crippen molar-refractivity contribution in [2.75, 3.05) is 0 Å². The summed E-state index contributed by atoms with van der Waals surface area (Å²) in [4.78, 5) is 2.77. The number of likely N-dealkylation sites (tertiary alicyclic amines) is 1. The van der Waals surface area contributed by atoms with Gasteiger partial charge in [0.1, 0.15) is 0 Å². The van der Waals surface area contributed by atoms with Crippen molar-refractivity contribution < 1.29 is 0 Å². The first kappa shape index (κ1) is 13.0. The van der Waals surface area contributed by atoms with Gasteiger partial charge in [0, 0.05) is 18.1 Å². The standard InChI is InChI=1S/C14H29N/c1-8-12-9-11(4)13(14(5,6)7)15(12)10(2)3/h10-13H,8-9H2,1-7H3. The molecule has 1 saturated heterocycles. The van der Waals surface area contributed by atoms with Crippen LogP contribution in [0.15, 0.2) is 0 Å². The van der Waals surface area contributed by atoms with E-state index in [2.05, 4.69) is 53.4 Å². The fourth-order valence-electron chi connectivity index (χ4n) is 3.62. The summed E-state index contributed by atoms with van der Waals surface area (Å²) in [6, 6.07) is 2.25. The topological polar surface area (TPSA) is 3.24 Å². The normalized spacial score (nSPS) is 34.0. The largest absolute Gasteiger partial charge is 0.294 e. The van der Waals surface area contributed by atoms with Crippen LogP contribution in [0, 0.1) is 11.3 Å². The molecule has 1 heterocycles. The number of hydrogen-bond donors (Lipinski definition) is 0. The summed E-state index contributed by atoms with van der Waals surface area (Å²) >= 11 is 0. The molecule has 0 aromatic heterocycles. The van der Waals surface area contributed by atoms with E-state index in [9.17, 15) is 0 Å². The molecule has 15 heavy (non-hydrogen) atoms. The fraction of sp³-hybridized carbons (Fsp3) is 1.00.